The number of hydrogen-bond acceptors (Lipinski definition) is 1. The molecule has 0 saturated heterocycles. The van der Waals surface area contributed by atoms with Crippen molar-refractivity contribution in [2.75, 3.05) is 0 Å². The Kier molecular flexibility index (Phi) is 6.57. The quantitative estimate of drug-likeness (QED) is 0.745. The highest BCUT2D eigenvalue weighted by molar-refractivity contribution is 5.41. The fourth-order valence-electron chi connectivity index (χ4n) is 2.70. The third kappa shape index (κ3) is 4.35. The van der Waals surface area contributed by atoms with Crippen LogP contribution in [0.4, 0.5) is 0 Å². The normalized spacial score (nSPS) is 13.0. The van der Waals surface area contributed by atoms with E-state index in [0.717, 1.165) is 32.1 Å². The van der Waals surface area contributed by atoms with Gasteiger partial charge in [0.15, 0.2) is 0 Å². The lowest BCUT2D eigenvalue weighted by molar-refractivity contribution is 0.157. The van der Waals surface area contributed by atoms with Crippen LogP contribution >= 0.6 is 0 Å². The summed E-state index contributed by atoms with van der Waals surface area (Å²) in [5, 5.41) is 10.6. The lowest BCUT2D eigenvalue weighted by Crippen LogP contribution is -2.08. The molecule has 1 atom stereocenters. The Labute approximate surface area is 119 Å². The molecule has 0 spiro atoms. The third-order valence-corrected chi connectivity index (χ3v) is 3.93. The number of aliphatic hydroxyl groups is 1. The number of benzene rings is 1. The van der Waals surface area contributed by atoms with Gasteiger partial charge in [0.1, 0.15) is 0 Å². The second-order valence-corrected chi connectivity index (χ2v) is 5.88. The Balaban J connectivity index is 3.08. The van der Waals surface area contributed by atoms with Gasteiger partial charge in [-0.05, 0) is 60.3 Å². The summed E-state index contributed by atoms with van der Waals surface area (Å²) in [6.07, 6.45) is 4.76. The SMILES string of the molecule is CCc1cc(CC)c(C(O)CCC(C)C)c(CC)c1. The fraction of sp³-hybridized carbons (Fsp3) is 0.667. The molecule has 1 heteroatoms. The van der Waals surface area contributed by atoms with Gasteiger partial charge in [0.25, 0.3) is 0 Å². The van der Waals surface area contributed by atoms with Crippen molar-refractivity contribution in [1.82, 2.24) is 0 Å². The molecule has 1 aromatic rings. The first-order valence-electron chi connectivity index (χ1n) is 7.85. The average Bonchev–Trinajstić information content (AvgIpc) is 2.42. The number of hydrogen-bond donors (Lipinski definition) is 1. The average molecular weight is 262 g/mol. The maximum atomic E-state index is 10.6. The molecule has 0 aromatic heterocycles. The second kappa shape index (κ2) is 7.69. The molecular formula is C18H30O. The summed E-state index contributed by atoms with van der Waals surface area (Å²) in [7, 11) is 0. The maximum absolute atomic E-state index is 10.6. The molecule has 0 radical (unpaired) electrons. The van der Waals surface area contributed by atoms with Crippen molar-refractivity contribution in [2.24, 2.45) is 5.92 Å². The van der Waals surface area contributed by atoms with Crippen molar-refractivity contribution < 1.29 is 5.11 Å². The van der Waals surface area contributed by atoms with Crippen LogP contribution in [0.15, 0.2) is 12.1 Å². The van der Waals surface area contributed by atoms with Crippen molar-refractivity contribution in [1.29, 1.82) is 0 Å². The Hall–Kier alpha value is -0.820. The largest absolute Gasteiger partial charge is 0.388 e. The van der Waals surface area contributed by atoms with Gasteiger partial charge < -0.3 is 5.11 Å². The molecule has 108 valence electrons. The van der Waals surface area contributed by atoms with Crippen molar-refractivity contribution in [3.63, 3.8) is 0 Å². The molecule has 19 heavy (non-hydrogen) atoms. The maximum Gasteiger partial charge on any atom is 0.0795 e. The Morgan fingerprint density at radius 3 is 1.79 bits per heavy atom. The predicted molar refractivity (Wildman–Crippen MR) is 83.6 cm³/mol. The van der Waals surface area contributed by atoms with Gasteiger partial charge in [-0.3, -0.25) is 0 Å². The van der Waals surface area contributed by atoms with Crippen LogP contribution in [-0.4, -0.2) is 5.11 Å². The molecule has 1 N–H and O–H groups in total. The molecule has 1 unspecified atom stereocenters. The van der Waals surface area contributed by atoms with Gasteiger partial charge in [-0.15, -0.1) is 0 Å². The summed E-state index contributed by atoms with van der Waals surface area (Å²) >= 11 is 0. The molecule has 0 amide bonds. The highest BCUT2D eigenvalue weighted by Gasteiger charge is 2.16. The van der Waals surface area contributed by atoms with Gasteiger partial charge in [0.2, 0.25) is 0 Å². The van der Waals surface area contributed by atoms with E-state index in [9.17, 15) is 5.11 Å². The van der Waals surface area contributed by atoms with E-state index >= 15 is 0 Å². The zero-order chi connectivity index (χ0) is 14.4. The van der Waals surface area contributed by atoms with Gasteiger partial charge in [0, 0.05) is 0 Å². The van der Waals surface area contributed by atoms with Gasteiger partial charge >= 0.3 is 0 Å². The minimum absolute atomic E-state index is 0.293. The first-order chi connectivity index (χ1) is 9.03. The Morgan fingerprint density at radius 2 is 1.42 bits per heavy atom. The fourth-order valence-corrected chi connectivity index (χ4v) is 2.70. The van der Waals surface area contributed by atoms with E-state index in [1.54, 1.807) is 0 Å². The van der Waals surface area contributed by atoms with E-state index in [1.165, 1.54) is 22.3 Å². The Bertz CT molecular complexity index is 368. The van der Waals surface area contributed by atoms with Crippen LogP contribution in [0.3, 0.4) is 0 Å². The summed E-state index contributed by atoms with van der Waals surface area (Å²) in [5.74, 6) is 0.653. The van der Waals surface area contributed by atoms with E-state index in [2.05, 4.69) is 46.8 Å². The molecule has 0 aliphatic carbocycles. The van der Waals surface area contributed by atoms with Crippen LogP contribution in [0.1, 0.15) is 75.8 Å². The van der Waals surface area contributed by atoms with Crippen LogP contribution < -0.4 is 0 Å². The van der Waals surface area contributed by atoms with Gasteiger partial charge in [-0.2, -0.15) is 0 Å². The van der Waals surface area contributed by atoms with Gasteiger partial charge in [-0.25, -0.2) is 0 Å². The van der Waals surface area contributed by atoms with E-state index in [0.29, 0.717) is 5.92 Å². The monoisotopic (exact) mass is 262 g/mol. The molecule has 0 fully saturated rings. The van der Waals surface area contributed by atoms with Crippen LogP contribution in [0.2, 0.25) is 0 Å². The number of rotatable bonds is 7. The van der Waals surface area contributed by atoms with E-state index < -0.39 is 0 Å². The smallest absolute Gasteiger partial charge is 0.0795 e. The first-order valence-corrected chi connectivity index (χ1v) is 7.85. The lowest BCUT2D eigenvalue weighted by Gasteiger charge is -2.21. The topological polar surface area (TPSA) is 20.2 Å². The summed E-state index contributed by atoms with van der Waals surface area (Å²) in [6.45, 7) is 11.0. The van der Waals surface area contributed by atoms with Crippen LogP contribution in [0, 0.1) is 5.92 Å². The van der Waals surface area contributed by atoms with Gasteiger partial charge in [-0.1, -0.05) is 46.8 Å². The molecule has 1 aromatic carbocycles. The van der Waals surface area contributed by atoms with Crippen LogP contribution in [0.5, 0.6) is 0 Å². The minimum atomic E-state index is -0.293. The third-order valence-electron chi connectivity index (χ3n) is 3.93. The molecule has 1 rings (SSSR count). The molecule has 0 heterocycles. The summed E-state index contributed by atoms with van der Waals surface area (Å²) < 4.78 is 0. The van der Waals surface area contributed by atoms with E-state index in [1.807, 2.05) is 0 Å². The molecule has 1 nitrogen and oxygen atoms in total. The first kappa shape index (κ1) is 16.2. The zero-order valence-electron chi connectivity index (χ0n) is 13.3. The Morgan fingerprint density at radius 1 is 0.895 bits per heavy atom. The zero-order valence-corrected chi connectivity index (χ0v) is 13.3. The van der Waals surface area contributed by atoms with Crippen LogP contribution in [-0.2, 0) is 19.3 Å². The molecule has 0 saturated carbocycles. The number of aryl methyl sites for hydroxylation is 3. The van der Waals surface area contributed by atoms with Crippen molar-refractivity contribution in [2.45, 2.75) is 72.8 Å². The molecule has 0 aliphatic heterocycles. The highest BCUT2D eigenvalue weighted by atomic mass is 16.3. The van der Waals surface area contributed by atoms with Gasteiger partial charge in [0.05, 0.1) is 6.10 Å². The highest BCUT2D eigenvalue weighted by Crippen LogP contribution is 2.29. The summed E-state index contributed by atoms with van der Waals surface area (Å²) in [6, 6.07) is 4.57. The lowest BCUT2D eigenvalue weighted by atomic mass is 9.88. The standard InChI is InChI=1S/C18H30O/c1-6-14-11-15(7-2)18(16(8-3)12-14)17(19)10-9-13(4)5/h11-13,17,19H,6-10H2,1-5H3. The van der Waals surface area contributed by atoms with E-state index in [4.69, 9.17) is 0 Å². The van der Waals surface area contributed by atoms with Crippen molar-refractivity contribution in [3.8, 4) is 0 Å². The molecule has 0 aliphatic rings. The minimum Gasteiger partial charge on any atom is -0.388 e. The molecular weight excluding hydrogens is 232 g/mol. The number of aliphatic hydroxyl groups excluding tert-OH is 1. The van der Waals surface area contributed by atoms with Crippen molar-refractivity contribution >= 4 is 0 Å². The van der Waals surface area contributed by atoms with E-state index in [-0.39, 0.29) is 6.10 Å². The van der Waals surface area contributed by atoms with Crippen molar-refractivity contribution in [3.05, 3.63) is 34.4 Å². The predicted octanol–water partition coefficient (Wildman–Crippen LogP) is 4.84. The second-order valence-electron chi connectivity index (χ2n) is 5.88. The molecule has 0 bridgehead atoms. The van der Waals surface area contributed by atoms with Crippen LogP contribution in [0.25, 0.3) is 0 Å². The summed E-state index contributed by atoms with van der Waals surface area (Å²) in [5.41, 5.74) is 5.29. The summed E-state index contributed by atoms with van der Waals surface area (Å²) in [4.78, 5) is 0.